The molecule has 196 valence electrons. The van der Waals surface area contributed by atoms with Crippen molar-refractivity contribution in [2.45, 2.75) is 58.3 Å². The maximum absolute atomic E-state index is 12.5. The monoisotopic (exact) mass is 500 g/mol. The molecule has 0 aliphatic carbocycles. The average Bonchev–Trinajstić information content (AvgIpc) is 2.92. The Hall–Kier alpha value is -3.60. The van der Waals surface area contributed by atoms with Gasteiger partial charge in [0.25, 0.3) is 0 Å². The molecule has 0 N–H and O–H groups in total. The molecule has 0 fully saturated rings. The van der Waals surface area contributed by atoms with E-state index in [1.807, 2.05) is 56.7 Å². The highest BCUT2D eigenvalue weighted by Crippen LogP contribution is 2.21. The topological polar surface area (TPSA) is 51.1 Å². The van der Waals surface area contributed by atoms with Gasteiger partial charge in [-0.3, -0.25) is 4.99 Å². The SMILES string of the molecule is CCCCCCCCCCOc1ccc(C(=O)Oc2ccc(N=Cc3ccc(N(C)C)cc3)cc2)cc1. The molecule has 3 rings (SSSR count). The standard InChI is InChI=1S/C32H40N2O3/c1-4-5-6-7-8-9-10-11-24-36-30-20-14-27(15-21-30)32(35)37-31-22-16-28(17-23-31)33-25-26-12-18-29(19-13-26)34(2)3/h12-23,25H,4-11,24H2,1-3H3. The van der Waals surface area contributed by atoms with Gasteiger partial charge in [0, 0.05) is 26.0 Å². The van der Waals surface area contributed by atoms with Gasteiger partial charge in [0.05, 0.1) is 17.9 Å². The van der Waals surface area contributed by atoms with E-state index in [0.717, 1.165) is 29.1 Å². The molecule has 0 aliphatic rings. The smallest absolute Gasteiger partial charge is 0.343 e. The fraction of sp³-hybridized carbons (Fsp3) is 0.375. The molecule has 0 amide bonds. The second-order valence-electron chi connectivity index (χ2n) is 9.48. The van der Waals surface area contributed by atoms with Crippen LogP contribution < -0.4 is 14.4 Å². The third-order valence-corrected chi connectivity index (χ3v) is 6.18. The van der Waals surface area contributed by atoms with Crippen LogP contribution in [0.3, 0.4) is 0 Å². The van der Waals surface area contributed by atoms with Gasteiger partial charge in [0.2, 0.25) is 0 Å². The van der Waals surface area contributed by atoms with E-state index in [-0.39, 0.29) is 0 Å². The van der Waals surface area contributed by atoms with Crippen molar-refractivity contribution in [2.75, 3.05) is 25.6 Å². The fourth-order valence-electron chi connectivity index (χ4n) is 3.89. The Balaban J connectivity index is 1.39. The van der Waals surface area contributed by atoms with Crippen molar-refractivity contribution in [3.05, 3.63) is 83.9 Å². The van der Waals surface area contributed by atoms with Crippen LogP contribution in [0, 0.1) is 0 Å². The van der Waals surface area contributed by atoms with Crippen LogP contribution in [0.2, 0.25) is 0 Å². The number of carbonyl (C=O) groups is 1. The van der Waals surface area contributed by atoms with E-state index >= 15 is 0 Å². The quantitative estimate of drug-likeness (QED) is 0.0912. The van der Waals surface area contributed by atoms with Crippen molar-refractivity contribution in [1.29, 1.82) is 0 Å². The van der Waals surface area contributed by atoms with Gasteiger partial charge in [-0.15, -0.1) is 0 Å². The second kappa shape index (κ2) is 15.5. The average molecular weight is 501 g/mol. The molecule has 0 saturated carbocycles. The van der Waals surface area contributed by atoms with Crippen molar-refractivity contribution in [2.24, 2.45) is 4.99 Å². The lowest BCUT2D eigenvalue weighted by molar-refractivity contribution is 0.0734. The molecule has 5 nitrogen and oxygen atoms in total. The summed E-state index contributed by atoms with van der Waals surface area (Å²) >= 11 is 0. The lowest BCUT2D eigenvalue weighted by atomic mass is 10.1. The molecule has 0 aliphatic heterocycles. The first kappa shape index (κ1) is 28.0. The van der Waals surface area contributed by atoms with E-state index in [1.165, 1.54) is 44.9 Å². The summed E-state index contributed by atoms with van der Waals surface area (Å²) in [5.41, 5.74) is 3.44. The molecule has 0 bridgehead atoms. The highest BCUT2D eigenvalue weighted by Gasteiger charge is 2.09. The molecule has 0 heterocycles. The zero-order valence-electron chi connectivity index (χ0n) is 22.5. The van der Waals surface area contributed by atoms with Crippen molar-refractivity contribution < 1.29 is 14.3 Å². The first-order chi connectivity index (χ1) is 18.0. The molecule has 3 aromatic rings. The summed E-state index contributed by atoms with van der Waals surface area (Å²) in [7, 11) is 4.03. The molecule has 5 heteroatoms. The van der Waals surface area contributed by atoms with E-state index in [4.69, 9.17) is 9.47 Å². The third kappa shape index (κ3) is 10.1. The summed E-state index contributed by atoms with van der Waals surface area (Å²) in [4.78, 5) is 19.1. The summed E-state index contributed by atoms with van der Waals surface area (Å²) in [6, 6.07) is 22.5. The van der Waals surface area contributed by atoms with Crippen LogP contribution in [0.25, 0.3) is 0 Å². The molecule has 0 spiro atoms. The van der Waals surface area contributed by atoms with Crippen LogP contribution >= 0.6 is 0 Å². The number of carbonyl (C=O) groups excluding carboxylic acids is 1. The van der Waals surface area contributed by atoms with Crippen molar-refractivity contribution in [1.82, 2.24) is 0 Å². The van der Waals surface area contributed by atoms with Crippen LogP contribution in [0.1, 0.15) is 74.2 Å². The molecular weight excluding hydrogens is 460 g/mol. The molecule has 0 unspecified atom stereocenters. The summed E-state index contributed by atoms with van der Waals surface area (Å²) in [6.45, 7) is 2.95. The number of rotatable bonds is 15. The zero-order valence-corrected chi connectivity index (χ0v) is 22.5. The first-order valence-electron chi connectivity index (χ1n) is 13.4. The minimum Gasteiger partial charge on any atom is -0.494 e. The summed E-state index contributed by atoms with van der Waals surface area (Å²) in [6.07, 6.45) is 12.0. The second-order valence-corrected chi connectivity index (χ2v) is 9.48. The van der Waals surface area contributed by atoms with Gasteiger partial charge in [0.1, 0.15) is 11.5 Å². The zero-order chi connectivity index (χ0) is 26.3. The Morgan fingerprint density at radius 1 is 0.757 bits per heavy atom. The lowest BCUT2D eigenvalue weighted by Gasteiger charge is -2.11. The molecule has 3 aromatic carbocycles. The molecule has 0 saturated heterocycles. The first-order valence-corrected chi connectivity index (χ1v) is 13.4. The van der Waals surface area contributed by atoms with E-state index < -0.39 is 5.97 Å². The molecule has 0 radical (unpaired) electrons. The van der Waals surface area contributed by atoms with Crippen LogP contribution in [0.5, 0.6) is 11.5 Å². The highest BCUT2D eigenvalue weighted by atomic mass is 16.5. The predicted octanol–water partition coefficient (Wildman–Crippen LogP) is 8.24. The van der Waals surface area contributed by atoms with Crippen LogP contribution in [0.4, 0.5) is 11.4 Å². The number of unbranched alkanes of at least 4 members (excludes halogenated alkanes) is 7. The predicted molar refractivity (Wildman–Crippen MR) is 154 cm³/mol. The number of aliphatic imine (C=N–C) groups is 1. The maximum atomic E-state index is 12.5. The van der Waals surface area contributed by atoms with Gasteiger partial charge in [-0.1, -0.05) is 64.0 Å². The van der Waals surface area contributed by atoms with Crippen molar-refractivity contribution in [3.8, 4) is 11.5 Å². The van der Waals surface area contributed by atoms with E-state index in [2.05, 4.69) is 28.9 Å². The summed E-state index contributed by atoms with van der Waals surface area (Å²) < 4.78 is 11.3. The van der Waals surface area contributed by atoms with E-state index in [1.54, 1.807) is 24.3 Å². The Kier molecular flexibility index (Phi) is 11.7. The van der Waals surface area contributed by atoms with Gasteiger partial charge in [-0.25, -0.2) is 4.79 Å². The van der Waals surface area contributed by atoms with E-state index in [9.17, 15) is 4.79 Å². The van der Waals surface area contributed by atoms with Gasteiger partial charge >= 0.3 is 5.97 Å². The molecule has 37 heavy (non-hydrogen) atoms. The van der Waals surface area contributed by atoms with Gasteiger partial charge in [-0.2, -0.15) is 0 Å². The number of ether oxygens (including phenoxy) is 2. The minimum absolute atomic E-state index is 0.396. The Morgan fingerprint density at radius 3 is 1.97 bits per heavy atom. The number of hydrogen-bond acceptors (Lipinski definition) is 5. The minimum atomic E-state index is -0.396. The molecule has 0 atom stereocenters. The van der Waals surface area contributed by atoms with Gasteiger partial charge < -0.3 is 14.4 Å². The Bertz CT molecular complexity index is 1090. The number of anilines is 1. The molecular formula is C32H40N2O3. The fourth-order valence-corrected chi connectivity index (χ4v) is 3.89. The number of benzene rings is 3. The maximum Gasteiger partial charge on any atom is 0.343 e. The van der Waals surface area contributed by atoms with Crippen LogP contribution in [-0.2, 0) is 0 Å². The van der Waals surface area contributed by atoms with Crippen LogP contribution in [0.15, 0.2) is 77.8 Å². The Labute approximate surface area is 222 Å². The van der Waals surface area contributed by atoms with Crippen molar-refractivity contribution >= 4 is 23.6 Å². The normalized spacial score (nSPS) is 11.0. The number of hydrogen-bond donors (Lipinski definition) is 0. The van der Waals surface area contributed by atoms with Gasteiger partial charge in [-0.05, 0) is 72.6 Å². The summed E-state index contributed by atoms with van der Waals surface area (Å²) in [5, 5.41) is 0. The summed E-state index contributed by atoms with van der Waals surface area (Å²) in [5.74, 6) is 0.860. The van der Waals surface area contributed by atoms with Crippen molar-refractivity contribution in [3.63, 3.8) is 0 Å². The van der Waals surface area contributed by atoms with Gasteiger partial charge in [0.15, 0.2) is 0 Å². The highest BCUT2D eigenvalue weighted by molar-refractivity contribution is 5.91. The third-order valence-electron chi connectivity index (χ3n) is 6.18. The molecule has 0 aromatic heterocycles. The van der Waals surface area contributed by atoms with Crippen LogP contribution in [-0.4, -0.2) is 32.9 Å². The number of nitrogens with zero attached hydrogens (tertiary/aromatic N) is 2. The Morgan fingerprint density at radius 2 is 1.35 bits per heavy atom. The number of esters is 1. The van der Waals surface area contributed by atoms with E-state index in [0.29, 0.717) is 17.9 Å². The lowest BCUT2D eigenvalue weighted by Crippen LogP contribution is -2.08. The largest absolute Gasteiger partial charge is 0.494 e.